The van der Waals surface area contributed by atoms with Gasteiger partial charge in [-0.2, -0.15) is 0 Å². The van der Waals surface area contributed by atoms with Crippen LogP contribution in [0.3, 0.4) is 0 Å². The van der Waals surface area contributed by atoms with Gasteiger partial charge in [0.15, 0.2) is 5.96 Å². The van der Waals surface area contributed by atoms with Gasteiger partial charge in [-0.05, 0) is 38.5 Å². The number of amides is 1. The number of carbonyl (C=O) groups is 1. The van der Waals surface area contributed by atoms with Gasteiger partial charge in [0.2, 0.25) is 5.91 Å². The maximum Gasteiger partial charge on any atom is 0.225 e. The summed E-state index contributed by atoms with van der Waals surface area (Å²) < 4.78 is 0. The smallest absolute Gasteiger partial charge is 0.225 e. The molecule has 1 unspecified atom stereocenters. The number of aliphatic imine (C=N–C) groups is 1. The number of nitrogens with zero attached hydrogens (tertiary/aromatic N) is 2. The number of nitrogens with one attached hydrogen (secondary N) is 2. The van der Waals surface area contributed by atoms with E-state index in [1.807, 2.05) is 0 Å². The van der Waals surface area contributed by atoms with Crippen LogP contribution >= 0.6 is 0 Å². The highest BCUT2D eigenvalue weighted by Gasteiger charge is 2.32. The lowest BCUT2D eigenvalue weighted by Crippen LogP contribution is -2.45. The van der Waals surface area contributed by atoms with Gasteiger partial charge in [-0.25, -0.2) is 0 Å². The van der Waals surface area contributed by atoms with E-state index in [0.29, 0.717) is 17.9 Å². The number of guanidine groups is 1. The van der Waals surface area contributed by atoms with Crippen LogP contribution in [0.15, 0.2) is 4.99 Å². The number of hydrogen-bond acceptors (Lipinski definition) is 2. The summed E-state index contributed by atoms with van der Waals surface area (Å²) in [6.07, 6.45) is 9.67. The summed E-state index contributed by atoms with van der Waals surface area (Å²) in [5.74, 6) is 2.54. The Bertz CT molecular complexity index is 427. The minimum Gasteiger partial charge on any atom is -0.357 e. The molecule has 1 saturated heterocycles. The van der Waals surface area contributed by atoms with Gasteiger partial charge in [0.05, 0.1) is 0 Å². The van der Waals surface area contributed by atoms with E-state index in [-0.39, 0.29) is 0 Å². The molecule has 0 aromatic carbocycles. The first-order chi connectivity index (χ1) is 11.3. The molecule has 5 nitrogen and oxygen atoms in total. The molecule has 0 bridgehead atoms. The number of carbonyl (C=O) groups excluding carboxylic acids is 1. The zero-order chi connectivity index (χ0) is 16.1. The lowest BCUT2D eigenvalue weighted by molar-refractivity contribution is -0.134. The van der Waals surface area contributed by atoms with Gasteiger partial charge >= 0.3 is 0 Å². The van der Waals surface area contributed by atoms with E-state index in [0.717, 1.165) is 57.3 Å². The molecule has 0 aromatic heterocycles. The zero-order valence-electron chi connectivity index (χ0n) is 14.5. The molecule has 3 rings (SSSR count). The van der Waals surface area contributed by atoms with Crippen molar-refractivity contribution in [2.75, 3.05) is 26.2 Å². The van der Waals surface area contributed by atoms with Crippen LogP contribution in [-0.2, 0) is 4.79 Å². The topological polar surface area (TPSA) is 56.7 Å². The average Bonchev–Trinajstić information content (AvgIpc) is 3.04. The molecule has 0 aromatic rings. The first-order valence-corrected chi connectivity index (χ1v) is 9.60. The van der Waals surface area contributed by atoms with Crippen molar-refractivity contribution in [3.63, 3.8) is 0 Å². The largest absolute Gasteiger partial charge is 0.357 e. The van der Waals surface area contributed by atoms with Gasteiger partial charge < -0.3 is 15.5 Å². The summed E-state index contributed by atoms with van der Waals surface area (Å²) in [6.45, 7) is 5.63. The molecule has 0 radical (unpaired) electrons. The summed E-state index contributed by atoms with van der Waals surface area (Å²) in [7, 11) is 0. The van der Waals surface area contributed by atoms with E-state index >= 15 is 0 Å². The lowest BCUT2D eigenvalue weighted by atomic mass is 10.1. The van der Waals surface area contributed by atoms with Crippen LogP contribution in [-0.4, -0.2) is 49.0 Å². The number of rotatable bonds is 6. The predicted octanol–water partition coefficient (Wildman–Crippen LogP) is 2.13. The molecule has 1 atom stereocenters. The van der Waals surface area contributed by atoms with Crippen molar-refractivity contribution in [1.82, 2.24) is 15.5 Å². The Morgan fingerprint density at radius 3 is 2.65 bits per heavy atom. The second kappa shape index (κ2) is 8.02. The summed E-state index contributed by atoms with van der Waals surface area (Å²) >= 11 is 0. The maximum absolute atomic E-state index is 12.5. The van der Waals surface area contributed by atoms with Gasteiger partial charge in [0.1, 0.15) is 0 Å². The molecule has 1 aliphatic heterocycles. The Kier molecular flexibility index (Phi) is 5.79. The van der Waals surface area contributed by atoms with Crippen molar-refractivity contribution in [3.8, 4) is 0 Å². The van der Waals surface area contributed by atoms with Crippen LogP contribution in [0.1, 0.15) is 58.3 Å². The van der Waals surface area contributed by atoms with Crippen molar-refractivity contribution >= 4 is 11.9 Å². The molecule has 3 aliphatic rings. The molecule has 3 fully saturated rings. The second-order valence-corrected chi connectivity index (χ2v) is 7.39. The number of hydrogen-bond donors (Lipinski definition) is 2. The van der Waals surface area contributed by atoms with E-state index < -0.39 is 0 Å². The van der Waals surface area contributed by atoms with Crippen LogP contribution in [0.5, 0.6) is 0 Å². The van der Waals surface area contributed by atoms with Crippen molar-refractivity contribution in [3.05, 3.63) is 0 Å². The van der Waals surface area contributed by atoms with Crippen LogP contribution in [0.4, 0.5) is 0 Å². The lowest BCUT2D eigenvalue weighted by Gasteiger charge is -2.21. The molecular formula is C18H32N4O. The van der Waals surface area contributed by atoms with Crippen LogP contribution in [0.25, 0.3) is 0 Å². The fraction of sp³-hybridized carbons (Fsp3) is 0.889. The Morgan fingerprint density at radius 1 is 1.17 bits per heavy atom. The fourth-order valence-electron chi connectivity index (χ4n) is 3.79. The molecule has 2 aliphatic carbocycles. The normalized spacial score (nSPS) is 25.9. The standard InChI is InChI=1S/C18H32N4O/c1-2-19-18(20-11-9-14-7-8-14)21-16-10-12-22(13-16)17(23)15-5-3-4-6-15/h14-16H,2-13H2,1H3,(H2,19,20,21). The molecule has 130 valence electrons. The quantitative estimate of drug-likeness (QED) is 0.582. The predicted molar refractivity (Wildman–Crippen MR) is 93.4 cm³/mol. The minimum absolute atomic E-state index is 0.300. The molecule has 1 heterocycles. The van der Waals surface area contributed by atoms with Gasteiger partial charge in [-0.1, -0.05) is 25.7 Å². The Labute approximate surface area is 140 Å². The van der Waals surface area contributed by atoms with Crippen molar-refractivity contribution in [2.45, 2.75) is 64.3 Å². The zero-order valence-corrected chi connectivity index (χ0v) is 14.5. The average molecular weight is 320 g/mol. The SMILES string of the molecule is CCNC(=NCCC1CC1)NC1CCN(C(=O)C2CCCC2)C1. The molecule has 23 heavy (non-hydrogen) atoms. The minimum atomic E-state index is 0.300. The van der Waals surface area contributed by atoms with E-state index in [4.69, 9.17) is 4.99 Å². The molecule has 2 N–H and O–H groups in total. The summed E-state index contributed by atoms with van der Waals surface area (Å²) in [6, 6.07) is 0.346. The van der Waals surface area contributed by atoms with E-state index in [1.165, 1.54) is 32.1 Å². The van der Waals surface area contributed by atoms with Gasteiger partial charge in [-0.3, -0.25) is 9.79 Å². The van der Waals surface area contributed by atoms with E-state index in [1.54, 1.807) is 0 Å². The van der Waals surface area contributed by atoms with Crippen LogP contribution in [0, 0.1) is 11.8 Å². The third kappa shape index (κ3) is 4.85. The summed E-state index contributed by atoms with van der Waals surface area (Å²) in [5.41, 5.74) is 0. The second-order valence-electron chi connectivity index (χ2n) is 7.39. The summed E-state index contributed by atoms with van der Waals surface area (Å²) in [4.78, 5) is 19.3. The third-order valence-corrected chi connectivity index (χ3v) is 5.39. The van der Waals surface area contributed by atoms with Crippen LogP contribution in [0.2, 0.25) is 0 Å². The molecule has 0 spiro atoms. The van der Waals surface area contributed by atoms with E-state index in [2.05, 4.69) is 22.5 Å². The third-order valence-electron chi connectivity index (χ3n) is 5.39. The van der Waals surface area contributed by atoms with Crippen molar-refractivity contribution in [1.29, 1.82) is 0 Å². The number of likely N-dealkylation sites (tertiary alicyclic amines) is 1. The Balaban J connectivity index is 1.45. The molecule has 5 heteroatoms. The monoisotopic (exact) mass is 320 g/mol. The fourth-order valence-corrected chi connectivity index (χ4v) is 3.79. The van der Waals surface area contributed by atoms with Crippen LogP contribution < -0.4 is 10.6 Å². The molecule has 1 amide bonds. The van der Waals surface area contributed by atoms with Crippen molar-refractivity contribution < 1.29 is 4.79 Å². The highest BCUT2D eigenvalue weighted by atomic mass is 16.2. The highest BCUT2D eigenvalue weighted by molar-refractivity contribution is 5.81. The Hall–Kier alpha value is -1.26. The molecule has 2 saturated carbocycles. The van der Waals surface area contributed by atoms with Gasteiger partial charge in [0, 0.05) is 38.1 Å². The van der Waals surface area contributed by atoms with Crippen molar-refractivity contribution in [2.24, 2.45) is 16.8 Å². The van der Waals surface area contributed by atoms with Gasteiger partial charge in [0.25, 0.3) is 0 Å². The Morgan fingerprint density at radius 2 is 1.96 bits per heavy atom. The summed E-state index contributed by atoms with van der Waals surface area (Å²) in [5, 5.41) is 6.87. The first-order valence-electron chi connectivity index (χ1n) is 9.60. The molecular weight excluding hydrogens is 288 g/mol. The van der Waals surface area contributed by atoms with E-state index in [9.17, 15) is 4.79 Å². The van der Waals surface area contributed by atoms with Gasteiger partial charge in [-0.15, -0.1) is 0 Å². The maximum atomic E-state index is 12.5. The first kappa shape index (κ1) is 16.6. The highest BCUT2D eigenvalue weighted by Crippen LogP contribution is 2.32.